The molecule has 0 bridgehead atoms. The minimum absolute atomic E-state index is 0.252. The van der Waals surface area contributed by atoms with Gasteiger partial charge in [0.2, 0.25) is 0 Å². The van der Waals surface area contributed by atoms with E-state index in [0.717, 1.165) is 24.9 Å². The van der Waals surface area contributed by atoms with Crippen LogP contribution in [-0.2, 0) is 0 Å². The summed E-state index contributed by atoms with van der Waals surface area (Å²) in [6, 6.07) is 3.53. The minimum atomic E-state index is -0.586. The van der Waals surface area contributed by atoms with Crippen molar-refractivity contribution in [3.8, 4) is 11.3 Å². The zero-order chi connectivity index (χ0) is 13.8. The molecule has 0 aliphatic carbocycles. The largest absolute Gasteiger partial charge is 0.342 e. The van der Waals surface area contributed by atoms with Gasteiger partial charge in [0.1, 0.15) is 17.5 Å². The Bertz CT molecular complexity index is 551. The molecule has 0 amide bonds. The zero-order valence-electron chi connectivity index (χ0n) is 11.0. The van der Waals surface area contributed by atoms with Crippen molar-refractivity contribution in [3.05, 3.63) is 41.9 Å². The number of nitrogens with zero attached hydrogens (tertiary/aromatic N) is 1. The molecule has 3 nitrogen and oxygen atoms in total. The van der Waals surface area contributed by atoms with Gasteiger partial charge in [0.25, 0.3) is 0 Å². The maximum absolute atomic E-state index is 13.7. The highest BCUT2D eigenvalue weighted by Gasteiger charge is 2.14. The van der Waals surface area contributed by atoms with Gasteiger partial charge in [-0.05, 0) is 25.6 Å². The molecule has 2 rings (SSSR count). The van der Waals surface area contributed by atoms with Gasteiger partial charge in [-0.15, -0.1) is 0 Å². The maximum Gasteiger partial charge on any atom is 0.135 e. The van der Waals surface area contributed by atoms with E-state index in [1.807, 2.05) is 7.05 Å². The van der Waals surface area contributed by atoms with Crippen molar-refractivity contribution in [1.82, 2.24) is 15.3 Å². The normalized spacial score (nSPS) is 12.6. The molecule has 1 heterocycles. The van der Waals surface area contributed by atoms with E-state index < -0.39 is 11.6 Å². The van der Waals surface area contributed by atoms with Gasteiger partial charge in [-0.25, -0.2) is 13.8 Å². The number of rotatable bonds is 5. The topological polar surface area (TPSA) is 40.7 Å². The molecular formula is C14H17F2N3. The Balaban J connectivity index is 2.29. The molecule has 0 radical (unpaired) electrons. The van der Waals surface area contributed by atoms with E-state index in [9.17, 15) is 8.78 Å². The number of likely N-dealkylation sites (N-methyl/N-ethyl adjacent to an activating group) is 1. The highest BCUT2D eigenvalue weighted by Crippen LogP contribution is 2.24. The summed E-state index contributed by atoms with van der Waals surface area (Å²) >= 11 is 0. The van der Waals surface area contributed by atoms with Crippen LogP contribution in [0.5, 0.6) is 0 Å². The first-order valence-corrected chi connectivity index (χ1v) is 6.30. The number of aromatic amines is 1. The fourth-order valence-corrected chi connectivity index (χ4v) is 2.07. The average Bonchev–Trinajstić information content (AvgIpc) is 2.85. The van der Waals surface area contributed by atoms with Gasteiger partial charge in [-0.1, -0.05) is 6.92 Å². The average molecular weight is 265 g/mol. The highest BCUT2D eigenvalue weighted by atomic mass is 19.1. The Morgan fingerprint density at radius 1 is 1.37 bits per heavy atom. The van der Waals surface area contributed by atoms with Crippen LogP contribution in [0.2, 0.25) is 0 Å². The van der Waals surface area contributed by atoms with Crippen molar-refractivity contribution < 1.29 is 8.78 Å². The Morgan fingerprint density at radius 2 is 2.16 bits per heavy atom. The van der Waals surface area contributed by atoms with Crippen LogP contribution in [0.3, 0.4) is 0 Å². The van der Waals surface area contributed by atoms with Crippen LogP contribution in [0, 0.1) is 11.6 Å². The third-order valence-electron chi connectivity index (χ3n) is 3.15. The first-order valence-electron chi connectivity index (χ1n) is 6.30. The smallest absolute Gasteiger partial charge is 0.135 e. The lowest BCUT2D eigenvalue weighted by Crippen LogP contribution is -2.17. The summed E-state index contributed by atoms with van der Waals surface area (Å²) in [6.45, 7) is 2.87. The number of benzene rings is 1. The molecule has 0 saturated heterocycles. The molecule has 0 saturated carbocycles. The number of hydrogen-bond acceptors (Lipinski definition) is 2. The third-order valence-corrected chi connectivity index (χ3v) is 3.15. The summed E-state index contributed by atoms with van der Waals surface area (Å²) < 4.78 is 26.6. The van der Waals surface area contributed by atoms with E-state index in [2.05, 4.69) is 22.2 Å². The molecule has 0 fully saturated rings. The van der Waals surface area contributed by atoms with Crippen molar-refractivity contribution >= 4 is 0 Å². The van der Waals surface area contributed by atoms with Gasteiger partial charge >= 0.3 is 0 Å². The van der Waals surface area contributed by atoms with Gasteiger partial charge in [-0.2, -0.15) is 0 Å². The molecular weight excluding hydrogens is 248 g/mol. The maximum atomic E-state index is 13.7. The van der Waals surface area contributed by atoms with E-state index in [1.165, 1.54) is 12.1 Å². The predicted octanol–water partition coefficient (Wildman–Crippen LogP) is 3.07. The van der Waals surface area contributed by atoms with E-state index in [1.54, 1.807) is 6.20 Å². The molecule has 2 N–H and O–H groups in total. The van der Waals surface area contributed by atoms with Gasteiger partial charge in [0, 0.05) is 24.1 Å². The summed E-state index contributed by atoms with van der Waals surface area (Å²) in [5.74, 6) is -0.0997. The summed E-state index contributed by atoms with van der Waals surface area (Å²) in [5.41, 5.74) is 0.904. The van der Waals surface area contributed by atoms with Gasteiger partial charge < -0.3 is 10.3 Å². The second-order valence-electron chi connectivity index (χ2n) is 4.47. The van der Waals surface area contributed by atoms with Crippen LogP contribution in [0.1, 0.15) is 25.1 Å². The van der Waals surface area contributed by atoms with Gasteiger partial charge in [-0.3, -0.25) is 0 Å². The van der Waals surface area contributed by atoms with Gasteiger partial charge in [0.15, 0.2) is 0 Å². The van der Waals surface area contributed by atoms with Crippen LogP contribution < -0.4 is 5.32 Å². The molecule has 0 aliphatic rings. The van der Waals surface area contributed by atoms with E-state index in [4.69, 9.17) is 0 Å². The molecule has 1 aromatic carbocycles. The van der Waals surface area contributed by atoms with E-state index >= 15 is 0 Å². The molecule has 2 aromatic rings. The first-order chi connectivity index (χ1) is 9.15. The molecule has 1 unspecified atom stereocenters. The summed E-state index contributed by atoms with van der Waals surface area (Å²) in [4.78, 5) is 7.40. The Labute approximate surface area is 111 Å². The Kier molecular flexibility index (Phi) is 4.27. The molecule has 0 spiro atoms. The standard InChI is InChI=1S/C14H17F2N3/c1-3-9(7-17-2)14-18-8-13(19-14)11-5-4-10(15)6-12(11)16/h4-6,8-9,17H,3,7H2,1-2H3,(H,18,19). The van der Waals surface area contributed by atoms with Crippen molar-refractivity contribution in [2.75, 3.05) is 13.6 Å². The van der Waals surface area contributed by atoms with Crippen molar-refractivity contribution in [2.45, 2.75) is 19.3 Å². The summed E-state index contributed by atoms with van der Waals surface area (Å²) in [7, 11) is 1.88. The lowest BCUT2D eigenvalue weighted by molar-refractivity contribution is 0.583. The van der Waals surface area contributed by atoms with Crippen LogP contribution in [0.25, 0.3) is 11.3 Å². The van der Waals surface area contributed by atoms with E-state index in [0.29, 0.717) is 11.3 Å². The number of halogens is 2. The molecule has 1 aromatic heterocycles. The summed E-state index contributed by atoms with van der Waals surface area (Å²) in [5, 5.41) is 3.10. The van der Waals surface area contributed by atoms with Crippen molar-refractivity contribution in [1.29, 1.82) is 0 Å². The molecule has 19 heavy (non-hydrogen) atoms. The fourth-order valence-electron chi connectivity index (χ4n) is 2.07. The molecule has 1 atom stereocenters. The molecule has 0 aliphatic heterocycles. The third kappa shape index (κ3) is 2.98. The minimum Gasteiger partial charge on any atom is -0.342 e. The Hall–Kier alpha value is -1.75. The van der Waals surface area contributed by atoms with Crippen LogP contribution >= 0.6 is 0 Å². The van der Waals surface area contributed by atoms with Gasteiger partial charge in [0.05, 0.1) is 11.9 Å². The van der Waals surface area contributed by atoms with Crippen molar-refractivity contribution in [3.63, 3.8) is 0 Å². The van der Waals surface area contributed by atoms with Crippen LogP contribution in [0.4, 0.5) is 8.78 Å². The van der Waals surface area contributed by atoms with Crippen LogP contribution in [0.15, 0.2) is 24.4 Å². The second-order valence-corrected chi connectivity index (χ2v) is 4.47. The summed E-state index contributed by atoms with van der Waals surface area (Å²) in [6.07, 6.45) is 2.52. The number of nitrogens with one attached hydrogen (secondary N) is 2. The number of aromatic nitrogens is 2. The SMILES string of the molecule is CCC(CNC)c1ncc(-c2ccc(F)cc2F)[nH]1. The van der Waals surface area contributed by atoms with E-state index in [-0.39, 0.29) is 5.92 Å². The lowest BCUT2D eigenvalue weighted by Gasteiger charge is -2.10. The number of H-pyrrole nitrogens is 1. The number of imidazole rings is 1. The highest BCUT2D eigenvalue weighted by molar-refractivity contribution is 5.59. The molecule has 102 valence electrons. The fraction of sp³-hybridized carbons (Fsp3) is 0.357. The second kappa shape index (κ2) is 5.93. The zero-order valence-corrected chi connectivity index (χ0v) is 11.0. The number of hydrogen-bond donors (Lipinski definition) is 2. The predicted molar refractivity (Wildman–Crippen MR) is 70.9 cm³/mol. The molecule has 5 heteroatoms. The quantitative estimate of drug-likeness (QED) is 0.872. The Morgan fingerprint density at radius 3 is 2.79 bits per heavy atom. The lowest BCUT2D eigenvalue weighted by atomic mass is 10.1. The first kappa shape index (κ1) is 13.7. The van der Waals surface area contributed by atoms with Crippen LogP contribution in [-0.4, -0.2) is 23.6 Å². The van der Waals surface area contributed by atoms with Crippen molar-refractivity contribution in [2.24, 2.45) is 0 Å². The monoisotopic (exact) mass is 265 g/mol.